The predicted octanol–water partition coefficient (Wildman–Crippen LogP) is -0.566. The topological polar surface area (TPSA) is 110 Å². The molecule has 3 heterocycles. The molecule has 1 saturated heterocycles. The molecule has 0 atom stereocenters. The standard InChI is InChI=1S/C9H13N5O3S3/c10-12-7-8(14-1-4-18-9(14)11-7)20(16,17)13-2-5-19(15)6-3-13/h1,4,12H,2-3,5-6,10H2. The van der Waals surface area contributed by atoms with Crippen molar-refractivity contribution < 1.29 is 12.6 Å². The number of hydrogen-bond acceptors (Lipinski definition) is 7. The zero-order chi connectivity index (χ0) is 14.3. The van der Waals surface area contributed by atoms with Crippen LogP contribution in [0.15, 0.2) is 16.6 Å². The summed E-state index contributed by atoms with van der Waals surface area (Å²) in [6, 6.07) is 0. The van der Waals surface area contributed by atoms with Crippen LogP contribution < -0.4 is 11.3 Å². The van der Waals surface area contributed by atoms with Crippen LogP contribution in [0.25, 0.3) is 4.96 Å². The Bertz CT molecular complexity index is 755. The van der Waals surface area contributed by atoms with Gasteiger partial charge in [-0.3, -0.25) is 8.61 Å². The molecule has 0 spiro atoms. The second-order valence-electron chi connectivity index (χ2n) is 4.22. The van der Waals surface area contributed by atoms with E-state index in [2.05, 4.69) is 10.4 Å². The van der Waals surface area contributed by atoms with Gasteiger partial charge in [-0.05, 0) is 0 Å². The number of aromatic nitrogens is 2. The molecule has 2 aromatic rings. The van der Waals surface area contributed by atoms with E-state index in [1.54, 1.807) is 11.6 Å². The lowest BCUT2D eigenvalue weighted by Crippen LogP contribution is -2.42. The molecule has 3 N–H and O–H groups in total. The van der Waals surface area contributed by atoms with E-state index in [1.807, 2.05) is 0 Å². The third-order valence-electron chi connectivity index (χ3n) is 3.08. The van der Waals surface area contributed by atoms with Gasteiger partial charge in [0, 0.05) is 47.0 Å². The number of hydrazine groups is 1. The van der Waals surface area contributed by atoms with E-state index < -0.39 is 20.8 Å². The molecule has 1 aliphatic heterocycles. The van der Waals surface area contributed by atoms with Crippen LogP contribution >= 0.6 is 11.3 Å². The van der Waals surface area contributed by atoms with Crippen LogP contribution in [0.5, 0.6) is 0 Å². The summed E-state index contributed by atoms with van der Waals surface area (Å²) in [4.78, 5) is 4.70. The number of imidazole rings is 1. The molecule has 2 aromatic heterocycles. The first-order valence-electron chi connectivity index (χ1n) is 5.81. The van der Waals surface area contributed by atoms with Crippen molar-refractivity contribution in [2.45, 2.75) is 5.03 Å². The summed E-state index contributed by atoms with van der Waals surface area (Å²) < 4.78 is 39.6. The fraction of sp³-hybridized carbons (Fsp3) is 0.444. The van der Waals surface area contributed by atoms with Crippen LogP contribution in [-0.4, -0.2) is 50.9 Å². The van der Waals surface area contributed by atoms with Crippen molar-refractivity contribution in [3.63, 3.8) is 0 Å². The Kier molecular flexibility index (Phi) is 3.54. The number of nitrogens with two attached hydrogens (primary N) is 1. The summed E-state index contributed by atoms with van der Waals surface area (Å²) in [7, 11) is -4.65. The van der Waals surface area contributed by atoms with E-state index in [1.165, 1.54) is 20.0 Å². The molecule has 0 unspecified atom stereocenters. The number of thiazole rings is 1. The highest BCUT2D eigenvalue weighted by atomic mass is 32.2. The third-order valence-corrected chi connectivity index (χ3v) is 7.03. The maximum absolute atomic E-state index is 12.7. The first kappa shape index (κ1) is 13.9. The van der Waals surface area contributed by atoms with Crippen molar-refractivity contribution in [1.29, 1.82) is 0 Å². The van der Waals surface area contributed by atoms with Gasteiger partial charge in [-0.25, -0.2) is 14.3 Å². The van der Waals surface area contributed by atoms with Crippen molar-refractivity contribution in [2.24, 2.45) is 5.84 Å². The minimum absolute atomic E-state index is 0.0314. The minimum atomic E-state index is -3.72. The van der Waals surface area contributed by atoms with Crippen LogP contribution in [-0.2, 0) is 20.8 Å². The molecule has 0 saturated carbocycles. The molecule has 0 amide bonds. The number of nitrogens with one attached hydrogen (secondary N) is 1. The van der Waals surface area contributed by atoms with Crippen LogP contribution in [0.4, 0.5) is 5.82 Å². The van der Waals surface area contributed by atoms with Crippen molar-refractivity contribution >= 4 is 42.9 Å². The molecule has 110 valence electrons. The van der Waals surface area contributed by atoms with Gasteiger partial charge in [-0.2, -0.15) is 9.29 Å². The third kappa shape index (κ3) is 2.15. The Morgan fingerprint density at radius 3 is 2.75 bits per heavy atom. The first-order valence-corrected chi connectivity index (χ1v) is 9.62. The highest BCUT2D eigenvalue weighted by Gasteiger charge is 2.33. The van der Waals surface area contributed by atoms with Gasteiger partial charge in [0.2, 0.25) is 5.03 Å². The van der Waals surface area contributed by atoms with Gasteiger partial charge >= 0.3 is 0 Å². The quantitative estimate of drug-likeness (QED) is 0.574. The van der Waals surface area contributed by atoms with Gasteiger partial charge in [-0.15, -0.1) is 11.3 Å². The molecule has 20 heavy (non-hydrogen) atoms. The van der Waals surface area contributed by atoms with Gasteiger partial charge in [0.15, 0.2) is 10.8 Å². The van der Waals surface area contributed by atoms with Gasteiger partial charge in [0.1, 0.15) is 0 Å². The summed E-state index contributed by atoms with van der Waals surface area (Å²) in [5, 5.41) is 1.79. The number of nitrogens with zero attached hydrogens (tertiary/aromatic N) is 3. The first-order chi connectivity index (χ1) is 9.54. The normalized spacial score (nSPS) is 18.6. The predicted molar refractivity (Wildman–Crippen MR) is 77.5 cm³/mol. The molecule has 0 aliphatic carbocycles. The lowest BCUT2D eigenvalue weighted by atomic mass is 10.6. The molecule has 8 nitrogen and oxygen atoms in total. The van der Waals surface area contributed by atoms with E-state index in [0.29, 0.717) is 16.5 Å². The fourth-order valence-electron chi connectivity index (χ4n) is 2.09. The summed E-state index contributed by atoms with van der Waals surface area (Å²) in [5.74, 6) is 6.21. The maximum Gasteiger partial charge on any atom is 0.263 e. The molecular formula is C9H13N5O3S3. The smallest absolute Gasteiger partial charge is 0.263 e. The Morgan fingerprint density at radius 1 is 1.40 bits per heavy atom. The monoisotopic (exact) mass is 335 g/mol. The molecule has 0 aromatic carbocycles. The van der Waals surface area contributed by atoms with Gasteiger partial charge in [-0.1, -0.05) is 0 Å². The molecule has 0 bridgehead atoms. The number of sulfonamides is 1. The molecule has 1 aliphatic rings. The average Bonchev–Trinajstić information content (AvgIpc) is 2.98. The lowest BCUT2D eigenvalue weighted by molar-refractivity contribution is 0.436. The van der Waals surface area contributed by atoms with E-state index in [0.717, 1.165) is 0 Å². The number of fused-ring (bicyclic) bond motifs is 1. The van der Waals surface area contributed by atoms with Gasteiger partial charge in [0.05, 0.1) is 0 Å². The van der Waals surface area contributed by atoms with Crippen LogP contribution in [0.1, 0.15) is 0 Å². The van der Waals surface area contributed by atoms with Crippen LogP contribution in [0.3, 0.4) is 0 Å². The fourth-order valence-corrected chi connectivity index (χ4v) is 5.80. The van der Waals surface area contributed by atoms with Crippen LogP contribution in [0, 0.1) is 0 Å². The summed E-state index contributed by atoms with van der Waals surface area (Å²) >= 11 is 1.33. The van der Waals surface area contributed by atoms with Crippen molar-refractivity contribution in [3.05, 3.63) is 11.6 Å². The number of nitrogen functional groups attached to an aromatic ring is 1. The molecule has 0 radical (unpaired) electrons. The molecule has 1 fully saturated rings. The Hall–Kier alpha value is -1.01. The van der Waals surface area contributed by atoms with Crippen LogP contribution in [0.2, 0.25) is 0 Å². The van der Waals surface area contributed by atoms with Gasteiger partial charge < -0.3 is 5.43 Å². The van der Waals surface area contributed by atoms with E-state index in [4.69, 9.17) is 5.84 Å². The number of rotatable bonds is 3. The van der Waals surface area contributed by atoms with E-state index in [-0.39, 0.29) is 23.9 Å². The summed E-state index contributed by atoms with van der Waals surface area (Å²) in [5.41, 5.74) is 2.33. The maximum atomic E-state index is 12.7. The second kappa shape index (κ2) is 5.07. The second-order valence-corrected chi connectivity index (χ2v) is 8.64. The van der Waals surface area contributed by atoms with Crippen molar-refractivity contribution in [3.8, 4) is 0 Å². The average molecular weight is 335 g/mol. The molecule has 3 rings (SSSR count). The summed E-state index contributed by atoms with van der Waals surface area (Å²) in [6.07, 6.45) is 1.64. The molecular weight excluding hydrogens is 322 g/mol. The highest BCUT2D eigenvalue weighted by molar-refractivity contribution is 7.89. The number of anilines is 1. The zero-order valence-electron chi connectivity index (χ0n) is 10.4. The van der Waals surface area contributed by atoms with E-state index >= 15 is 0 Å². The largest absolute Gasteiger partial charge is 0.306 e. The summed E-state index contributed by atoms with van der Waals surface area (Å²) in [6.45, 7) is 0.493. The SMILES string of the molecule is NNc1nc2sccn2c1S(=O)(=O)N1CCS(=O)CC1. The Balaban J connectivity index is 2.08. The Labute approximate surface area is 122 Å². The van der Waals surface area contributed by atoms with E-state index in [9.17, 15) is 12.6 Å². The minimum Gasteiger partial charge on any atom is -0.306 e. The zero-order valence-corrected chi connectivity index (χ0v) is 12.8. The van der Waals surface area contributed by atoms with Gasteiger partial charge in [0.25, 0.3) is 10.0 Å². The number of hydrogen-bond donors (Lipinski definition) is 2. The lowest BCUT2D eigenvalue weighted by Gasteiger charge is -2.25. The highest BCUT2D eigenvalue weighted by Crippen LogP contribution is 2.28. The Morgan fingerprint density at radius 2 is 2.10 bits per heavy atom. The molecule has 11 heteroatoms. The van der Waals surface area contributed by atoms with Crippen molar-refractivity contribution in [1.82, 2.24) is 13.7 Å². The van der Waals surface area contributed by atoms with Crippen molar-refractivity contribution in [2.75, 3.05) is 30.0 Å².